The molecule has 0 aromatic carbocycles. The summed E-state index contributed by atoms with van der Waals surface area (Å²) < 4.78 is 47.7. The zero-order valence-corrected chi connectivity index (χ0v) is 45.5. The number of carbonyl (C=O) groups is 3. The number of rotatable bonds is 10. The fourth-order valence-electron chi connectivity index (χ4n) is 16.3. The zero-order chi connectivity index (χ0) is 56.4. The summed E-state index contributed by atoms with van der Waals surface area (Å²) in [6.45, 7) is 15.3. The Morgan fingerprint density at radius 1 is 0.649 bits per heavy atom. The van der Waals surface area contributed by atoms with Crippen molar-refractivity contribution in [2.75, 3.05) is 13.7 Å². The molecule has 23 nitrogen and oxygen atoms in total. The maximum atomic E-state index is 15.4. The minimum Gasteiger partial charge on any atom is -0.432 e. The predicted molar refractivity (Wildman–Crippen MR) is 263 cm³/mol. The van der Waals surface area contributed by atoms with E-state index in [2.05, 4.69) is 46.0 Å². The van der Waals surface area contributed by atoms with Crippen LogP contribution in [0.15, 0.2) is 11.6 Å². The molecule has 5 aliphatic carbocycles. The van der Waals surface area contributed by atoms with Gasteiger partial charge in [0, 0.05) is 7.05 Å². The molecule has 0 aromatic heterocycles. The largest absolute Gasteiger partial charge is 0.432 e. The fourth-order valence-corrected chi connectivity index (χ4v) is 16.3. The minimum absolute atomic E-state index is 0.0189. The topological polar surface area (TPSA) is 360 Å². The van der Waals surface area contributed by atoms with E-state index in [-0.39, 0.29) is 36.7 Å². The molecule has 4 saturated heterocycles. The Kier molecular flexibility index (Phi) is 16.2. The van der Waals surface area contributed by atoms with Crippen molar-refractivity contribution in [3.05, 3.63) is 11.6 Å². The summed E-state index contributed by atoms with van der Waals surface area (Å²) in [7, 11) is 1.35. The lowest BCUT2D eigenvalue weighted by molar-refractivity contribution is -0.373. The van der Waals surface area contributed by atoms with Gasteiger partial charge in [0.1, 0.15) is 78.8 Å². The summed E-state index contributed by atoms with van der Waals surface area (Å²) in [5.41, 5.74) is -3.46. The van der Waals surface area contributed by atoms with E-state index >= 15 is 4.79 Å². The number of carbonyl (C=O) groups excluding carboxylic acids is 3. The summed E-state index contributed by atoms with van der Waals surface area (Å²) >= 11 is 0. The number of fused-ring (bicyclic) bond motifs is 7. The third-order valence-corrected chi connectivity index (χ3v) is 21.2. The molecular weight excluding hydrogens is 1010 g/mol. The number of aliphatic hydroxyl groups is 11. The van der Waals surface area contributed by atoms with Gasteiger partial charge in [0.2, 0.25) is 6.29 Å². The summed E-state index contributed by atoms with van der Waals surface area (Å²) in [5, 5.41) is 124. The van der Waals surface area contributed by atoms with Crippen LogP contribution in [0.1, 0.15) is 113 Å². The van der Waals surface area contributed by atoms with Gasteiger partial charge < -0.3 is 104 Å². The molecule has 0 radical (unpaired) electrons. The van der Waals surface area contributed by atoms with Crippen LogP contribution in [0.2, 0.25) is 0 Å². The van der Waals surface area contributed by atoms with Crippen molar-refractivity contribution in [3.8, 4) is 0 Å². The van der Waals surface area contributed by atoms with Crippen molar-refractivity contribution in [2.45, 2.75) is 242 Å². The highest BCUT2D eigenvalue weighted by atomic mass is 16.8. The Bertz CT molecular complexity index is 2220. The molecule has 8 fully saturated rings. The maximum Gasteiger partial charge on any atom is 0.317 e. The first-order valence-electron chi connectivity index (χ1n) is 27.6. The molecule has 11 unspecified atom stereocenters. The molecule has 9 aliphatic rings. The highest BCUT2D eigenvalue weighted by Crippen LogP contribution is 2.76. The monoisotopic (exact) mass is 1100 g/mol. The van der Waals surface area contributed by atoms with Gasteiger partial charge in [-0.15, -0.1) is 0 Å². The molecule has 0 aromatic rings. The number of likely N-dealkylation sites (N-methyl/N-ethyl adjacent to an activating group) is 1. The molecule has 12 N–H and O–H groups in total. The highest BCUT2D eigenvalue weighted by Gasteiger charge is 2.73. The van der Waals surface area contributed by atoms with Crippen molar-refractivity contribution in [1.82, 2.24) is 5.32 Å². The van der Waals surface area contributed by atoms with Gasteiger partial charge in [-0.1, -0.05) is 53.2 Å². The average Bonchev–Trinajstić information content (AvgIpc) is 3.58. The normalized spacial score (nSPS) is 54.5. The molecular formula is C54H85NO22. The lowest BCUT2D eigenvalue weighted by atomic mass is 9.33. The van der Waals surface area contributed by atoms with Crippen molar-refractivity contribution in [2.24, 2.45) is 50.2 Å². The molecule has 4 saturated carbocycles. The Morgan fingerprint density at radius 3 is 1.95 bits per heavy atom. The Balaban J connectivity index is 0.961. The number of hydrogen-bond acceptors (Lipinski definition) is 22. The number of allylic oxidation sites excluding steroid dienone is 2. The SMILES string of the molecule is CNC(=O)C1O[C@@H](O[C@H]2CCC3(C)C4CC=C5C6CC(C)(C)CC[C@]6(C(=O)O[C@@H]6OC(C)[C@H](O)[C@H](O)C6O[C@@H]6OC(C)[C@H](OC7OC[C@@H](O)[C@H](O)[C@@H]7O)[C@H](O)C6O)C(O)C[C@@]5(C)[C@@]4(C)CC[C@H]3[C@@]2(C)C=O)C(O)[C@@H](O)[C@@H]1O. The van der Waals surface area contributed by atoms with E-state index in [1.54, 1.807) is 0 Å². The number of aldehydes is 1. The van der Waals surface area contributed by atoms with E-state index in [1.165, 1.54) is 20.9 Å². The summed E-state index contributed by atoms with van der Waals surface area (Å²) in [5.74, 6) is -2.29. The van der Waals surface area contributed by atoms with E-state index < -0.39 is 174 Å². The molecule has 23 heteroatoms. The number of esters is 1. The van der Waals surface area contributed by atoms with Crippen LogP contribution < -0.4 is 5.32 Å². The van der Waals surface area contributed by atoms with Crippen LogP contribution in [0.25, 0.3) is 0 Å². The molecule has 0 bridgehead atoms. The van der Waals surface area contributed by atoms with Gasteiger partial charge in [0.05, 0.1) is 36.4 Å². The van der Waals surface area contributed by atoms with Crippen LogP contribution in [-0.2, 0) is 52.3 Å². The van der Waals surface area contributed by atoms with Gasteiger partial charge >= 0.3 is 5.97 Å². The molecule has 438 valence electrons. The van der Waals surface area contributed by atoms with Crippen LogP contribution in [-0.4, -0.2) is 217 Å². The van der Waals surface area contributed by atoms with Gasteiger partial charge in [-0.3, -0.25) is 9.59 Å². The number of nitrogens with one attached hydrogen (secondary N) is 1. The number of ether oxygens (including phenoxy) is 8. The van der Waals surface area contributed by atoms with Crippen molar-refractivity contribution < 1.29 is 108 Å². The average molecular weight is 1100 g/mol. The van der Waals surface area contributed by atoms with Gasteiger partial charge in [-0.2, -0.15) is 0 Å². The molecule has 1 amide bonds. The molecule has 9 rings (SSSR count). The number of amides is 1. The second kappa shape index (κ2) is 21.1. The predicted octanol–water partition coefficient (Wildman–Crippen LogP) is -1.44. The lowest BCUT2D eigenvalue weighted by Crippen LogP contribution is -2.69. The first-order valence-corrected chi connectivity index (χ1v) is 27.6. The second-order valence-corrected chi connectivity index (χ2v) is 25.9. The number of aliphatic hydroxyl groups excluding tert-OH is 11. The lowest BCUT2D eigenvalue weighted by Gasteiger charge is -2.71. The van der Waals surface area contributed by atoms with E-state index in [1.807, 2.05) is 6.92 Å². The zero-order valence-electron chi connectivity index (χ0n) is 45.5. The van der Waals surface area contributed by atoms with Gasteiger partial charge in [0.25, 0.3) is 5.91 Å². The summed E-state index contributed by atoms with van der Waals surface area (Å²) in [6, 6.07) is 0. The van der Waals surface area contributed by atoms with Crippen LogP contribution in [0.4, 0.5) is 0 Å². The molecule has 77 heavy (non-hydrogen) atoms. The molecule has 29 atom stereocenters. The van der Waals surface area contributed by atoms with Gasteiger partial charge in [-0.25, -0.2) is 0 Å². The standard InChI is InChI=1S/C54H85NO22/c1-22-31(59)34(62)42(76-45-39(67)36(64)40(23(2)72-45)74-44-37(65)32(60)26(57)20-70-44)47(71-22)77-48(69)54-17-16-49(3,4)18-25(54)24-10-11-28-50(5)14-13-30(73-46-38(66)33(61)35(63)41(75-46)43(68)55-9)51(6,21-56)27(50)12-15-52(28,7)53(24,8)19-29(54)58/h10,21-23,25-42,44-47,57-67H,11-20H2,1-9H3,(H,55,68)/t22?,23?,25?,26-,27-,28?,29?,30+,31+,32+,33+,34+,35+,36-,37+,38?,39?,40+,41?,42?,44?,45+,46-,47+,50?,51-,52+,53-,54-/m1/s1. The van der Waals surface area contributed by atoms with Crippen LogP contribution in [0.5, 0.6) is 0 Å². The smallest absolute Gasteiger partial charge is 0.317 e. The van der Waals surface area contributed by atoms with E-state index in [9.17, 15) is 65.8 Å². The third-order valence-electron chi connectivity index (χ3n) is 21.2. The van der Waals surface area contributed by atoms with Crippen LogP contribution >= 0.6 is 0 Å². The van der Waals surface area contributed by atoms with Crippen molar-refractivity contribution >= 4 is 18.2 Å². The Morgan fingerprint density at radius 2 is 1.27 bits per heavy atom. The quantitative estimate of drug-likeness (QED) is 0.0516. The molecule has 0 spiro atoms. The van der Waals surface area contributed by atoms with Crippen LogP contribution in [0, 0.1) is 50.2 Å². The van der Waals surface area contributed by atoms with E-state index in [0.717, 1.165) is 11.9 Å². The highest BCUT2D eigenvalue weighted by molar-refractivity contribution is 5.81. The molecule has 4 aliphatic heterocycles. The third kappa shape index (κ3) is 9.39. The summed E-state index contributed by atoms with van der Waals surface area (Å²) in [4.78, 5) is 41.6. The Labute approximate surface area is 448 Å². The maximum absolute atomic E-state index is 15.4. The summed E-state index contributed by atoms with van der Waals surface area (Å²) in [6.07, 6.45) is -24.8. The second-order valence-electron chi connectivity index (χ2n) is 25.9. The number of hydrogen-bond donors (Lipinski definition) is 12. The van der Waals surface area contributed by atoms with Gasteiger partial charge in [0.15, 0.2) is 31.1 Å². The minimum atomic E-state index is -1.90. The van der Waals surface area contributed by atoms with Crippen molar-refractivity contribution in [1.29, 1.82) is 0 Å². The van der Waals surface area contributed by atoms with E-state index in [4.69, 9.17) is 37.9 Å². The van der Waals surface area contributed by atoms with E-state index in [0.29, 0.717) is 44.9 Å². The Hall–Kier alpha value is -2.37. The van der Waals surface area contributed by atoms with Crippen molar-refractivity contribution in [3.63, 3.8) is 0 Å². The van der Waals surface area contributed by atoms with Gasteiger partial charge in [-0.05, 0) is 111 Å². The van der Waals surface area contributed by atoms with Crippen LogP contribution in [0.3, 0.4) is 0 Å². The fraction of sp³-hybridized carbons (Fsp3) is 0.907. The molecule has 4 heterocycles. The first kappa shape index (κ1) is 59.3. The first-order chi connectivity index (χ1) is 36.0.